The van der Waals surface area contributed by atoms with E-state index in [0.717, 1.165) is 31.2 Å². The van der Waals surface area contributed by atoms with Crippen LogP contribution in [0.2, 0.25) is 0 Å². The second-order valence-electron chi connectivity index (χ2n) is 10.1. The molecule has 0 radical (unpaired) electrons. The number of carbonyl (C=O) groups is 3. The average Bonchev–Trinajstić information content (AvgIpc) is 3.14. The number of likely N-dealkylation sites (tertiary alicyclic amines) is 1. The lowest BCUT2D eigenvalue weighted by Crippen LogP contribution is -2.46. The Morgan fingerprint density at radius 1 is 1.09 bits per heavy atom. The first-order valence-electron chi connectivity index (χ1n) is 11.6. The zero-order chi connectivity index (χ0) is 23.6. The minimum absolute atomic E-state index is 0.0813. The first-order chi connectivity index (χ1) is 15.7. The number of hydrogen-bond acceptors (Lipinski definition) is 4. The van der Waals surface area contributed by atoms with Crippen molar-refractivity contribution in [1.29, 1.82) is 0 Å². The number of aryl methyl sites for hydroxylation is 1. The predicted molar refractivity (Wildman–Crippen MR) is 126 cm³/mol. The molecule has 2 amide bonds. The van der Waals surface area contributed by atoms with Crippen molar-refractivity contribution in [2.45, 2.75) is 64.0 Å². The quantitative estimate of drug-likeness (QED) is 0.691. The molecular formula is C27H32N2O4. The number of benzene rings is 2. The van der Waals surface area contributed by atoms with Gasteiger partial charge < -0.3 is 15.0 Å². The number of amides is 2. The van der Waals surface area contributed by atoms with Crippen LogP contribution in [0, 0.1) is 0 Å². The van der Waals surface area contributed by atoms with Gasteiger partial charge in [0.15, 0.2) is 6.29 Å². The maximum atomic E-state index is 12.6. The Labute approximate surface area is 195 Å². The van der Waals surface area contributed by atoms with Crippen LogP contribution in [-0.2, 0) is 23.1 Å². The number of fused-ring (bicyclic) bond motifs is 2. The highest BCUT2D eigenvalue weighted by Crippen LogP contribution is 2.46. The second kappa shape index (κ2) is 9.00. The minimum Gasteiger partial charge on any atom is -0.444 e. The van der Waals surface area contributed by atoms with Gasteiger partial charge in [-0.1, -0.05) is 36.4 Å². The van der Waals surface area contributed by atoms with E-state index >= 15 is 0 Å². The third-order valence-corrected chi connectivity index (χ3v) is 6.78. The van der Waals surface area contributed by atoms with Crippen molar-refractivity contribution in [2.24, 2.45) is 0 Å². The molecule has 1 aliphatic carbocycles. The Bertz CT molecular complexity index is 1060. The van der Waals surface area contributed by atoms with E-state index in [1.807, 2.05) is 25.7 Å². The molecule has 174 valence electrons. The van der Waals surface area contributed by atoms with Crippen LogP contribution in [0.1, 0.15) is 77.4 Å². The minimum atomic E-state index is -0.488. The molecule has 4 rings (SSSR count). The van der Waals surface area contributed by atoms with Gasteiger partial charge in [0, 0.05) is 30.8 Å². The molecule has 0 atom stereocenters. The van der Waals surface area contributed by atoms with Crippen molar-refractivity contribution >= 4 is 18.3 Å². The van der Waals surface area contributed by atoms with E-state index in [1.54, 1.807) is 24.3 Å². The molecule has 2 aliphatic rings. The molecule has 1 heterocycles. The maximum Gasteiger partial charge on any atom is 0.410 e. The summed E-state index contributed by atoms with van der Waals surface area (Å²) in [6, 6.07) is 13.3. The first kappa shape index (κ1) is 23.0. The van der Waals surface area contributed by atoms with Crippen LogP contribution >= 0.6 is 0 Å². The van der Waals surface area contributed by atoms with E-state index in [0.29, 0.717) is 37.0 Å². The Balaban J connectivity index is 1.43. The van der Waals surface area contributed by atoms with Gasteiger partial charge in [-0.25, -0.2) is 4.79 Å². The molecule has 2 aromatic carbocycles. The van der Waals surface area contributed by atoms with Gasteiger partial charge in [-0.2, -0.15) is 0 Å². The molecule has 33 heavy (non-hydrogen) atoms. The lowest BCUT2D eigenvalue weighted by molar-refractivity contribution is 0.0164. The molecule has 1 spiro atoms. The number of ether oxygens (including phenoxy) is 1. The van der Waals surface area contributed by atoms with Crippen molar-refractivity contribution in [1.82, 2.24) is 10.2 Å². The topological polar surface area (TPSA) is 75.7 Å². The summed E-state index contributed by atoms with van der Waals surface area (Å²) in [7, 11) is 0. The van der Waals surface area contributed by atoms with E-state index < -0.39 is 5.60 Å². The van der Waals surface area contributed by atoms with E-state index in [-0.39, 0.29) is 17.4 Å². The van der Waals surface area contributed by atoms with Gasteiger partial charge in [0.25, 0.3) is 5.91 Å². The summed E-state index contributed by atoms with van der Waals surface area (Å²) in [5.41, 5.74) is 4.13. The summed E-state index contributed by atoms with van der Waals surface area (Å²) in [5.74, 6) is -0.251. The number of nitrogens with one attached hydrogen (secondary N) is 1. The number of piperidine rings is 1. The number of aldehydes is 1. The van der Waals surface area contributed by atoms with Gasteiger partial charge in [0.1, 0.15) is 5.60 Å². The fourth-order valence-electron chi connectivity index (χ4n) is 5.00. The van der Waals surface area contributed by atoms with Crippen LogP contribution in [0.3, 0.4) is 0 Å². The van der Waals surface area contributed by atoms with Crippen LogP contribution < -0.4 is 5.32 Å². The van der Waals surface area contributed by atoms with Gasteiger partial charge in [0.2, 0.25) is 0 Å². The van der Waals surface area contributed by atoms with E-state index in [2.05, 4.69) is 23.5 Å². The van der Waals surface area contributed by atoms with Gasteiger partial charge in [-0.3, -0.25) is 9.59 Å². The van der Waals surface area contributed by atoms with E-state index in [1.165, 1.54) is 11.1 Å². The third kappa shape index (κ3) is 4.95. The van der Waals surface area contributed by atoms with Crippen molar-refractivity contribution in [3.05, 3.63) is 70.3 Å². The molecule has 1 fully saturated rings. The lowest BCUT2D eigenvalue weighted by Gasteiger charge is -2.40. The van der Waals surface area contributed by atoms with Crippen molar-refractivity contribution in [3.8, 4) is 0 Å². The summed E-state index contributed by atoms with van der Waals surface area (Å²) in [6.07, 6.45) is 4.44. The largest absolute Gasteiger partial charge is 0.444 e. The van der Waals surface area contributed by atoms with Crippen LogP contribution in [0.25, 0.3) is 0 Å². The fourth-order valence-corrected chi connectivity index (χ4v) is 5.00. The van der Waals surface area contributed by atoms with Crippen LogP contribution in [0.5, 0.6) is 0 Å². The number of nitrogens with zero attached hydrogens (tertiary/aromatic N) is 1. The first-order valence-corrected chi connectivity index (χ1v) is 11.6. The van der Waals surface area contributed by atoms with Gasteiger partial charge in [-0.15, -0.1) is 0 Å². The van der Waals surface area contributed by atoms with Crippen LogP contribution in [0.4, 0.5) is 4.79 Å². The highest BCUT2D eigenvalue weighted by Gasteiger charge is 2.42. The van der Waals surface area contributed by atoms with Gasteiger partial charge in [0.05, 0.1) is 0 Å². The molecular weight excluding hydrogens is 416 g/mol. The zero-order valence-electron chi connectivity index (χ0n) is 19.6. The molecule has 1 aliphatic heterocycles. The molecule has 6 nitrogen and oxygen atoms in total. The summed E-state index contributed by atoms with van der Waals surface area (Å²) in [4.78, 5) is 38.1. The zero-order valence-corrected chi connectivity index (χ0v) is 19.6. The Kier molecular flexibility index (Phi) is 6.28. The van der Waals surface area contributed by atoms with Crippen molar-refractivity contribution < 1.29 is 19.1 Å². The number of rotatable bonds is 4. The molecule has 0 unspecified atom stereocenters. The summed E-state index contributed by atoms with van der Waals surface area (Å²) in [6.45, 7) is 7.46. The van der Waals surface area contributed by atoms with E-state index in [4.69, 9.17) is 4.74 Å². The van der Waals surface area contributed by atoms with Crippen LogP contribution in [-0.4, -0.2) is 41.9 Å². The summed E-state index contributed by atoms with van der Waals surface area (Å²) in [5, 5.41) is 2.95. The Morgan fingerprint density at radius 3 is 2.52 bits per heavy atom. The lowest BCUT2D eigenvalue weighted by atomic mass is 9.73. The van der Waals surface area contributed by atoms with Crippen molar-refractivity contribution in [2.75, 3.05) is 13.1 Å². The Morgan fingerprint density at radius 2 is 1.82 bits per heavy atom. The third-order valence-electron chi connectivity index (χ3n) is 6.78. The number of hydrogen-bond donors (Lipinski definition) is 1. The Hall–Kier alpha value is -3.15. The smallest absolute Gasteiger partial charge is 0.410 e. The monoisotopic (exact) mass is 448 g/mol. The second-order valence-corrected chi connectivity index (χ2v) is 10.1. The summed E-state index contributed by atoms with van der Waals surface area (Å²) >= 11 is 0. The normalized spacial score (nSPS) is 16.9. The van der Waals surface area contributed by atoms with Gasteiger partial charge in [-0.05, 0) is 74.6 Å². The summed E-state index contributed by atoms with van der Waals surface area (Å²) < 4.78 is 5.55. The molecule has 0 bridgehead atoms. The molecule has 1 N–H and O–H groups in total. The standard InChI is InChI=1S/C27H32N2O4/c1-26(2,3)33-25(32)29-14-12-27(13-15-29)11-10-20-9-8-19(16-23(20)27)17-28-24(31)22-7-5-4-6-21(22)18-30/h4-9,16,18H,10-15,17H2,1-3H3,(H,28,31). The average molecular weight is 449 g/mol. The molecule has 0 aromatic heterocycles. The van der Waals surface area contributed by atoms with Crippen molar-refractivity contribution in [3.63, 3.8) is 0 Å². The molecule has 2 aromatic rings. The molecule has 0 saturated carbocycles. The molecule has 1 saturated heterocycles. The highest BCUT2D eigenvalue weighted by molar-refractivity contribution is 6.01. The number of carbonyl (C=O) groups excluding carboxylic acids is 3. The predicted octanol–water partition coefficient (Wildman–Crippen LogP) is 4.64. The highest BCUT2D eigenvalue weighted by atomic mass is 16.6. The maximum absolute atomic E-state index is 12.6. The van der Waals surface area contributed by atoms with Crippen LogP contribution in [0.15, 0.2) is 42.5 Å². The SMILES string of the molecule is CC(C)(C)OC(=O)N1CCC2(CCc3ccc(CNC(=O)c4ccccc4C=O)cc32)CC1. The fraction of sp³-hybridized carbons (Fsp3) is 0.444. The van der Waals surface area contributed by atoms with Gasteiger partial charge >= 0.3 is 6.09 Å². The van der Waals surface area contributed by atoms with E-state index in [9.17, 15) is 14.4 Å². The molecule has 6 heteroatoms.